The highest BCUT2D eigenvalue weighted by Crippen LogP contribution is 2.24. The monoisotopic (exact) mass is 275 g/mol. The molecule has 0 bridgehead atoms. The first-order chi connectivity index (χ1) is 9.50. The Hall–Kier alpha value is -1.84. The quantitative estimate of drug-likeness (QED) is 0.922. The van der Waals surface area contributed by atoms with Gasteiger partial charge >= 0.3 is 5.97 Å². The number of rotatable bonds is 3. The number of benzene rings is 1. The number of carbonyl (C=O) groups excluding carboxylic acids is 1. The van der Waals surface area contributed by atoms with Crippen molar-refractivity contribution < 1.29 is 14.7 Å². The smallest absolute Gasteiger partial charge is 0.336 e. The number of carboxylic acids is 1. The Labute approximate surface area is 119 Å². The van der Waals surface area contributed by atoms with Crippen molar-refractivity contribution in [3.63, 3.8) is 0 Å². The molecular formula is C16H21NO3. The van der Waals surface area contributed by atoms with Crippen molar-refractivity contribution in [3.05, 3.63) is 34.9 Å². The molecule has 1 amide bonds. The Kier molecular flexibility index (Phi) is 4.42. The van der Waals surface area contributed by atoms with E-state index in [9.17, 15) is 14.7 Å². The number of hydrogen-bond acceptors (Lipinski definition) is 2. The molecule has 0 spiro atoms. The van der Waals surface area contributed by atoms with Gasteiger partial charge in [-0.25, -0.2) is 4.79 Å². The number of carbonyl (C=O) groups is 2. The highest BCUT2D eigenvalue weighted by molar-refractivity contribution is 6.04. The van der Waals surface area contributed by atoms with Crippen molar-refractivity contribution in [1.29, 1.82) is 0 Å². The molecule has 1 aliphatic rings. The van der Waals surface area contributed by atoms with Crippen LogP contribution in [0.15, 0.2) is 18.2 Å². The normalized spacial score (nSPS) is 15.9. The van der Waals surface area contributed by atoms with Crippen LogP contribution in [0.4, 0.5) is 0 Å². The van der Waals surface area contributed by atoms with E-state index >= 15 is 0 Å². The molecule has 0 heterocycles. The van der Waals surface area contributed by atoms with E-state index in [0.29, 0.717) is 0 Å². The summed E-state index contributed by atoms with van der Waals surface area (Å²) in [7, 11) is 1.78. The molecule has 2 rings (SSSR count). The standard InChI is InChI=1S/C16H21NO3/c1-11-8-9-13(14(10-11)16(19)20)15(18)17(2)12-6-4-3-5-7-12/h8-10,12H,3-7H2,1-2H3,(H,19,20). The van der Waals surface area contributed by atoms with Crippen LogP contribution in [0, 0.1) is 6.92 Å². The molecular weight excluding hydrogens is 254 g/mol. The lowest BCUT2D eigenvalue weighted by Crippen LogP contribution is -2.38. The van der Waals surface area contributed by atoms with E-state index < -0.39 is 5.97 Å². The summed E-state index contributed by atoms with van der Waals surface area (Å²) in [5.74, 6) is -1.23. The molecule has 0 atom stereocenters. The second-order valence-electron chi connectivity index (χ2n) is 5.56. The van der Waals surface area contributed by atoms with Crippen molar-refractivity contribution in [1.82, 2.24) is 4.90 Å². The molecule has 0 radical (unpaired) electrons. The predicted molar refractivity (Wildman–Crippen MR) is 77.1 cm³/mol. The Balaban J connectivity index is 2.26. The average Bonchev–Trinajstić information content (AvgIpc) is 2.46. The Morgan fingerprint density at radius 2 is 1.80 bits per heavy atom. The lowest BCUT2D eigenvalue weighted by atomic mass is 9.93. The zero-order valence-electron chi connectivity index (χ0n) is 12.1. The van der Waals surface area contributed by atoms with Crippen LogP contribution in [-0.4, -0.2) is 35.0 Å². The molecule has 4 heteroatoms. The van der Waals surface area contributed by atoms with Crippen molar-refractivity contribution in [2.75, 3.05) is 7.05 Å². The SMILES string of the molecule is Cc1ccc(C(=O)N(C)C2CCCCC2)c(C(=O)O)c1. The summed E-state index contributed by atoms with van der Waals surface area (Å²) in [5.41, 5.74) is 1.23. The average molecular weight is 275 g/mol. The minimum Gasteiger partial charge on any atom is -0.478 e. The van der Waals surface area contributed by atoms with Gasteiger partial charge in [0.2, 0.25) is 0 Å². The minimum atomic E-state index is -1.05. The zero-order valence-corrected chi connectivity index (χ0v) is 12.1. The fourth-order valence-electron chi connectivity index (χ4n) is 2.85. The van der Waals surface area contributed by atoms with Crippen LogP contribution in [0.2, 0.25) is 0 Å². The summed E-state index contributed by atoms with van der Waals surface area (Å²) in [6.07, 6.45) is 5.53. The molecule has 1 N–H and O–H groups in total. The van der Waals surface area contributed by atoms with Gasteiger partial charge in [-0.15, -0.1) is 0 Å². The van der Waals surface area contributed by atoms with E-state index in [1.54, 1.807) is 30.1 Å². The topological polar surface area (TPSA) is 57.6 Å². The van der Waals surface area contributed by atoms with E-state index in [-0.39, 0.29) is 23.1 Å². The second-order valence-corrected chi connectivity index (χ2v) is 5.56. The van der Waals surface area contributed by atoms with Gasteiger partial charge < -0.3 is 10.0 Å². The first-order valence-corrected chi connectivity index (χ1v) is 7.12. The Morgan fingerprint density at radius 1 is 1.15 bits per heavy atom. The van der Waals surface area contributed by atoms with Gasteiger partial charge in [0.25, 0.3) is 5.91 Å². The van der Waals surface area contributed by atoms with Crippen LogP contribution in [0.25, 0.3) is 0 Å². The van der Waals surface area contributed by atoms with Crippen LogP contribution >= 0.6 is 0 Å². The van der Waals surface area contributed by atoms with Crippen molar-refractivity contribution >= 4 is 11.9 Å². The van der Waals surface area contributed by atoms with Gasteiger partial charge in [0.05, 0.1) is 11.1 Å². The number of amides is 1. The van der Waals surface area contributed by atoms with Gasteiger partial charge in [-0.2, -0.15) is 0 Å². The lowest BCUT2D eigenvalue weighted by Gasteiger charge is -2.31. The van der Waals surface area contributed by atoms with Gasteiger partial charge in [-0.05, 0) is 31.9 Å². The zero-order chi connectivity index (χ0) is 14.7. The maximum absolute atomic E-state index is 12.5. The highest BCUT2D eigenvalue weighted by atomic mass is 16.4. The Bertz CT molecular complexity index is 518. The molecule has 20 heavy (non-hydrogen) atoms. The van der Waals surface area contributed by atoms with E-state index in [2.05, 4.69) is 0 Å². The number of carboxylic acid groups (broad SMARTS) is 1. The van der Waals surface area contributed by atoms with Gasteiger partial charge in [-0.1, -0.05) is 30.9 Å². The summed E-state index contributed by atoms with van der Waals surface area (Å²) in [5, 5.41) is 9.26. The van der Waals surface area contributed by atoms with Crippen LogP contribution < -0.4 is 0 Å². The van der Waals surface area contributed by atoms with Crippen LogP contribution in [0.5, 0.6) is 0 Å². The lowest BCUT2D eigenvalue weighted by molar-refractivity contribution is 0.0654. The molecule has 4 nitrogen and oxygen atoms in total. The molecule has 1 aromatic rings. The van der Waals surface area contributed by atoms with Gasteiger partial charge in [0, 0.05) is 13.1 Å². The summed E-state index contributed by atoms with van der Waals surface area (Å²) < 4.78 is 0. The van der Waals surface area contributed by atoms with E-state index in [4.69, 9.17) is 0 Å². The molecule has 0 unspecified atom stereocenters. The first-order valence-electron chi connectivity index (χ1n) is 7.12. The molecule has 1 fully saturated rings. The molecule has 1 aromatic carbocycles. The first kappa shape index (κ1) is 14.6. The molecule has 0 saturated heterocycles. The maximum Gasteiger partial charge on any atom is 0.336 e. The molecule has 108 valence electrons. The highest BCUT2D eigenvalue weighted by Gasteiger charge is 2.25. The van der Waals surface area contributed by atoms with Gasteiger partial charge in [0.15, 0.2) is 0 Å². The summed E-state index contributed by atoms with van der Waals surface area (Å²) in [6, 6.07) is 5.21. The maximum atomic E-state index is 12.5. The third-order valence-electron chi connectivity index (χ3n) is 4.08. The predicted octanol–water partition coefficient (Wildman–Crippen LogP) is 3.10. The molecule has 1 aliphatic carbocycles. The van der Waals surface area contributed by atoms with Crippen LogP contribution in [0.1, 0.15) is 58.4 Å². The summed E-state index contributed by atoms with van der Waals surface area (Å²) in [4.78, 5) is 25.6. The summed E-state index contributed by atoms with van der Waals surface area (Å²) >= 11 is 0. The number of aromatic carboxylic acids is 1. The second kappa shape index (κ2) is 6.07. The minimum absolute atomic E-state index is 0.0951. The van der Waals surface area contributed by atoms with E-state index in [1.807, 2.05) is 6.92 Å². The van der Waals surface area contributed by atoms with Crippen molar-refractivity contribution in [2.24, 2.45) is 0 Å². The molecule has 1 saturated carbocycles. The molecule has 0 aromatic heterocycles. The van der Waals surface area contributed by atoms with Gasteiger partial charge in [-0.3, -0.25) is 4.79 Å². The summed E-state index contributed by atoms with van der Waals surface area (Å²) in [6.45, 7) is 1.82. The number of hydrogen-bond donors (Lipinski definition) is 1. The largest absolute Gasteiger partial charge is 0.478 e. The number of aryl methyl sites for hydroxylation is 1. The Morgan fingerprint density at radius 3 is 2.40 bits per heavy atom. The van der Waals surface area contributed by atoms with Crippen LogP contribution in [0.3, 0.4) is 0 Å². The van der Waals surface area contributed by atoms with Crippen LogP contribution in [-0.2, 0) is 0 Å². The van der Waals surface area contributed by atoms with Crippen molar-refractivity contribution in [2.45, 2.75) is 45.1 Å². The fourth-order valence-corrected chi connectivity index (χ4v) is 2.85. The van der Waals surface area contributed by atoms with E-state index in [1.165, 1.54) is 6.42 Å². The van der Waals surface area contributed by atoms with E-state index in [0.717, 1.165) is 31.2 Å². The third kappa shape index (κ3) is 3.00. The fraction of sp³-hybridized carbons (Fsp3) is 0.500. The molecule has 0 aliphatic heterocycles. The van der Waals surface area contributed by atoms with Gasteiger partial charge in [0.1, 0.15) is 0 Å². The third-order valence-corrected chi connectivity index (χ3v) is 4.08. The number of nitrogens with zero attached hydrogens (tertiary/aromatic N) is 1. The van der Waals surface area contributed by atoms with Crippen molar-refractivity contribution in [3.8, 4) is 0 Å².